The fraction of sp³-hybridized carbons (Fsp3) is 1.00. The van der Waals surface area contributed by atoms with Crippen molar-refractivity contribution >= 4 is 0 Å². The van der Waals surface area contributed by atoms with E-state index in [0.29, 0.717) is 23.9 Å². The van der Waals surface area contributed by atoms with Crippen LogP contribution in [0.1, 0.15) is 59.8 Å². The molecule has 0 bridgehead atoms. The molecule has 3 nitrogen and oxygen atoms in total. The maximum absolute atomic E-state index is 8.91. The van der Waals surface area contributed by atoms with E-state index in [-0.39, 0.29) is 12.1 Å². The van der Waals surface area contributed by atoms with Gasteiger partial charge in [0.05, 0.1) is 0 Å². The lowest BCUT2D eigenvalue weighted by molar-refractivity contribution is 0.0694. The largest absolute Gasteiger partial charge is 0.396 e. The summed E-state index contributed by atoms with van der Waals surface area (Å²) in [5, 5.41) is 12.7. The van der Waals surface area contributed by atoms with Crippen molar-refractivity contribution in [2.75, 3.05) is 13.2 Å². The first-order valence-electron chi connectivity index (χ1n) is 7.44. The zero-order valence-corrected chi connectivity index (χ0v) is 12.6. The van der Waals surface area contributed by atoms with Crippen molar-refractivity contribution < 1.29 is 5.11 Å². The molecule has 0 amide bonds. The number of nitrogens with one attached hydrogen (secondary N) is 1. The fourth-order valence-corrected chi connectivity index (χ4v) is 3.47. The molecule has 1 rings (SSSR count). The zero-order chi connectivity index (χ0) is 13.8. The van der Waals surface area contributed by atoms with Crippen LogP contribution >= 0.6 is 0 Å². The summed E-state index contributed by atoms with van der Waals surface area (Å²) in [6, 6.07) is 0.435. The third-order valence-electron chi connectivity index (χ3n) is 4.74. The summed E-state index contributed by atoms with van der Waals surface area (Å²) in [5.74, 6) is 0.614. The second kappa shape index (κ2) is 6.36. The molecule has 3 unspecified atom stereocenters. The first kappa shape index (κ1) is 15.9. The van der Waals surface area contributed by atoms with Gasteiger partial charge in [-0.3, -0.25) is 0 Å². The van der Waals surface area contributed by atoms with Crippen molar-refractivity contribution in [3.05, 3.63) is 0 Å². The molecule has 0 spiro atoms. The van der Waals surface area contributed by atoms with Gasteiger partial charge in [0.15, 0.2) is 0 Å². The lowest BCUT2D eigenvalue weighted by atomic mass is 9.63. The second-order valence-corrected chi connectivity index (χ2v) is 7.04. The van der Waals surface area contributed by atoms with Crippen LogP contribution in [-0.4, -0.2) is 29.8 Å². The second-order valence-electron chi connectivity index (χ2n) is 7.04. The maximum atomic E-state index is 8.91. The minimum absolute atomic E-state index is 0.102. The SMILES string of the molecule is CC(CCCO)NC1(CN)CCC(C)(C)CC1C. The average molecular weight is 256 g/mol. The summed E-state index contributed by atoms with van der Waals surface area (Å²) in [5.41, 5.74) is 6.64. The van der Waals surface area contributed by atoms with E-state index in [1.165, 1.54) is 19.3 Å². The summed E-state index contributed by atoms with van der Waals surface area (Å²) in [6.07, 6.45) is 5.54. The van der Waals surface area contributed by atoms with E-state index in [0.717, 1.165) is 12.8 Å². The first-order chi connectivity index (χ1) is 8.35. The van der Waals surface area contributed by atoms with Crippen molar-refractivity contribution in [3.8, 4) is 0 Å². The minimum Gasteiger partial charge on any atom is -0.396 e. The van der Waals surface area contributed by atoms with Crippen LogP contribution in [0.15, 0.2) is 0 Å². The highest BCUT2D eigenvalue weighted by atomic mass is 16.2. The van der Waals surface area contributed by atoms with Gasteiger partial charge in [-0.15, -0.1) is 0 Å². The van der Waals surface area contributed by atoms with E-state index in [9.17, 15) is 0 Å². The van der Waals surface area contributed by atoms with Gasteiger partial charge in [-0.25, -0.2) is 0 Å². The molecule has 18 heavy (non-hydrogen) atoms. The van der Waals surface area contributed by atoms with E-state index < -0.39 is 0 Å². The predicted octanol–water partition coefficient (Wildman–Crippen LogP) is 2.28. The van der Waals surface area contributed by atoms with Gasteiger partial charge < -0.3 is 16.2 Å². The lowest BCUT2D eigenvalue weighted by Gasteiger charge is -2.50. The Balaban J connectivity index is 2.62. The van der Waals surface area contributed by atoms with Gasteiger partial charge in [0.1, 0.15) is 0 Å². The monoisotopic (exact) mass is 256 g/mol. The minimum atomic E-state index is 0.102. The molecule has 108 valence electrons. The summed E-state index contributed by atoms with van der Waals surface area (Å²) in [7, 11) is 0. The molecule has 0 radical (unpaired) electrons. The van der Waals surface area contributed by atoms with E-state index in [2.05, 4.69) is 33.0 Å². The topological polar surface area (TPSA) is 58.3 Å². The highest BCUT2D eigenvalue weighted by Crippen LogP contribution is 2.43. The molecule has 0 aromatic rings. The van der Waals surface area contributed by atoms with Crippen molar-refractivity contribution in [1.82, 2.24) is 5.32 Å². The molecule has 3 atom stereocenters. The molecule has 4 N–H and O–H groups in total. The number of rotatable bonds is 6. The van der Waals surface area contributed by atoms with Gasteiger partial charge in [0, 0.05) is 24.7 Å². The molecular formula is C15H32N2O. The number of hydrogen-bond donors (Lipinski definition) is 3. The molecule has 0 aliphatic heterocycles. The van der Waals surface area contributed by atoms with Gasteiger partial charge in [0.2, 0.25) is 0 Å². The summed E-state index contributed by atoms with van der Waals surface area (Å²) < 4.78 is 0. The Morgan fingerprint density at radius 2 is 2.06 bits per heavy atom. The van der Waals surface area contributed by atoms with Crippen LogP contribution < -0.4 is 11.1 Å². The van der Waals surface area contributed by atoms with Crippen LogP contribution in [0.25, 0.3) is 0 Å². The Kier molecular flexibility index (Phi) is 5.63. The molecule has 1 aliphatic carbocycles. The van der Waals surface area contributed by atoms with Gasteiger partial charge in [0.25, 0.3) is 0 Å². The number of aliphatic hydroxyl groups is 1. The maximum Gasteiger partial charge on any atom is 0.0431 e. The lowest BCUT2D eigenvalue weighted by Crippen LogP contribution is -2.61. The average Bonchev–Trinajstić information content (AvgIpc) is 2.30. The van der Waals surface area contributed by atoms with E-state index in [1.54, 1.807) is 0 Å². The van der Waals surface area contributed by atoms with Crippen LogP contribution in [0.4, 0.5) is 0 Å². The highest BCUT2D eigenvalue weighted by Gasteiger charge is 2.43. The van der Waals surface area contributed by atoms with E-state index in [4.69, 9.17) is 10.8 Å². The zero-order valence-electron chi connectivity index (χ0n) is 12.6. The van der Waals surface area contributed by atoms with E-state index >= 15 is 0 Å². The molecule has 0 heterocycles. The van der Waals surface area contributed by atoms with Crippen LogP contribution in [0.2, 0.25) is 0 Å². The molecule has 0 aromatic heterocycles. The van der Waals surface area contributed by atoms with Crippen molar-refractivity contribution in [2.45, 2.75) is 71.4 Å². The van der Waals surface area contributed by atoms with Crippen molar-refractivity contribution in [1.29, 1.82) is 0 Å². The smallest absolute Gasteiger partial charge is 0.0431 e. The summed E-state index contributed by atoms with van der Waals surface area (Å²) >= 11 is 0. The van der Waals surface area contributed by atoms with Crippen molar-refractivity contribution in [3.63, 3.8) is 0 Å². The van der Waals surface area contributed by atoms with Crippen molar-refractivity contribution in [2.24, 2.45) is 17.1 Å². The quantitative estimate of drug-likeness (QED) is 0.683. The van der Waals surface area contributed by atoms with Crippen LogP contribution in [-0.2, 0) is 0 Å². The molecule has 1 saturated carbocycles. The summed E-state index contributed by atoms with van der Waals surface area (Å²) in [4.78, 5) is 0. The fourth-order valence-electron chi connectivity index (χ4n) is 3.47. The molecule has 3 heteroatoms. The van der Waals surface area contributed by atoms with E-state index in [1.807, 2.05) is 0 Å². The number of aliphatic hydroxyl groups excluding tert-OH is 1. The standard InChI is InChI=1S/C15H32N2O/c1-12-10-14(3,4)7-8-15(12,11-16)17-13(2)6-5-9-18/h12-13,17-18H,5-11,16H2,1-4H3. The Bertz CT molecular complexity index is 255. The molecule has 1 fully saturated rings. The molecule has 0 saturated heterocycles. The predicted molar refractivity (Wildman–Crippen MR) is 77.5 cm³/mol. The molecule has 1 aliphatic rings. The highest BCUT2D eigenvalue weighted by molar-refractivity contribution is 5.01. The first-order valence-corrected chi connectivity index (χ1v) is 7.44. The van der Waals surface area contributed by atoms with Gasteiger partial charge in [-0.1, -0.05) is 20.8 Å². The Labute approximate surface area is 113 Å². The normalized spacial score (nSPS) is 33.3. The third-order valence-corrected chi connectivity index (χ3v) is 4.74. The van der Waals surface area contributed by atoms with Crippen LogP contribution in [0.3, 0.4) is 0 Å². The van der Waals surface area contributed by atoms with Gasteiger partial charge in [-0.05, 0) is 50.4 Å². The van der Waals surface area contributed by atoms with Gasteiger partial charge in [-0.2, -0.15) is 0 Å². The van der Waals surface area contributed by atoms with Crippen LogP contribution in [0.5, 0.6) is 0 Å². The number of hydrogen-bond acceptors (Lipinski definition) is 3. The van der Waals surface area contributed by atoms with Gasteiger partial charge >= 0.3 is 0 Å². The third kappa shape index (κ3) is 3.94. The Hall–Kier alpha value is -0.120. The Morgan fingerprint density at radius 1 is 1.39 bits per heavy atom. The number of nitrogens with two attached hydrogens (primary N) is 1. The molecular weight excluding hydrogens is 224 g/mol. The summed E-state index contributed by atoms with van der Waals surface area (Å²) in [6.45, 7) is 10.3. The Morgan fingerprint density at radius 3 is 2.56 bits per heavy atom. The van der Waals surface area contributed by atoms with Crippen LogP contribution in [0, 0.1) is 11.3 Å². The molecule has 0 aromatic carbocycles.